The Morgan fingerprint density at radius 3 is 2.33 bits per heavy atom. The van der Waals surface area contributed by atoms with Crippen LogP contribution in [0.15, 0.2) is 35.2 Å². The van der Waals surface area contributed by atoms with Gasteiger partial charge >= 0.3 is 0 Å². The summed E-state index contributed by atoms with van der Waals surface area (Å²) in [6.07, 6.45) is 5.78. The maximum Gasteiger partial charge on any atom is 0.107 e. The van der Waals surface area contributed by atoms with Crippen LogP contribution in [0.3, 0.4) is 0 Å². The molecule has 0 unspecified atom stereocenters. The number of benzene rings is 1. The third kappa shape index (κ3) is 2.54. The topological polar surface area (TPSA) is 23.8 Å². The lowest BCUT2D eigenvalue weighted by Gasteiger charge is -2.29. The van der Waals surface area contributed by atoms with E-state index in [0.29, 0.717) is 0 Å². The fraction of sp³-hybridized carbons (Fsp3) is 0.462. The molecule has 0 heterocycles. The van der Waals surface area contributed by atoms with Crippen LogP contribution in [0, 0.1) is 11.3 Å². The maximum absolute atomic E-state index is 9.33. The zero-order chi connectivity index (χ0) is 10.6. The Labute approximate surface area is 95.5 Å². The summed E-state index contributed by atoms with van der Waals surface area (Å²) in [4.78, 5) is 1.22. The quantitative estimate of drug-likeness (QED) is 0.747. The standard InChI is InChI=1S/C13H15NS/c14-11-13(9-5-2-6-10-13)15-12-7-3-1-4-8-12/h1,3-4,7-8H,2,5-6,9-10H2. The van der Waals surface area contributed by atoms with Gasteiger partial charge in [-0.15, -0.1) is 11.8 Å². The lowest BCUT2D eigenvalue weighted by Crippen LogP contribution is -2.25. The van der Waals surface area contributed by atoms with Gasteiger partial charge in [0.25, 0.3) is 0 Å². The van der Waals surface area contributed by atoms with Gasteiger partial charge in [-0.3, -0.25) is 0 Å². The van der Waals surface area contributed by atoms with E-state index in [1.165, 1.54) is 24.2 Å². The minimum Gasteiger partial charge on any atom is -0.197 e. The second kappa shape index (κ2) is 4.72. The van der Waals surface area contributed by atoms with Crippen molar-refractivity contribution in [1.82, 2.24) is 0 Å². The summed E-state index contributed by atoms with van der Waals surface area (Å²) < 4.78 is -0.153. The van der Waals surface area contributed by atoms with E-state index >= 15 is 0 Å². The summed E-state index contributed by atoms with van der Waals surface area (Å²) in [6.45, 7) is 0. The number of nitriles is 1. The summed E-state index contributed by atoms with van der Waals surface area (Å²) in [6, 6.07) is 12.8. The largest absolute Gasteiger partial charge is 0.197 e. The molecule has 1 aromatic rings. The van der Waals surface area contributed by atoms with Gasteiger partial charge in [0.05, 0.1) is 6.07 Å². The maximum atomic E-state index is 9.33. The number of hydrogen-bond donors (Lipinski definition) is 0. The molecule has 0 bridgehead atoms. The first-order valence-corrected chi connectivity index (χ1v) is 6.32. The van der Waals surface area contributed by atoms with Gasteiger partial charge in [-0.25, -0.2) is 0 Å². The van der Waals surface area contributed by atoms with Crippen molar-refractivity contribution in [3.63, 3.8) is 0 Å². The minimum atomic E-state index is -0.153. The average molecular weight is 217 g/mol. The number of hydrogen-bond acceptors (Lipinski definition) is 2. The van der Waals surface area contributed by atoms with Gasteiger partial charge in [-0.05, 0) is 25.0 Å². The predicted molar refractivity (Wildman–Crippen MR) is 63.7 cm³/mol. The number of rotatable bonds is 2. The Morgan fingerprint density at radius 1 is 1.07 bits per heavy atom. The first-order chi connectivity index (χ1) is 7.35. The minimum absolute atomic E-state index is 0.153. The Balaban J connectivity index is 2.12. The van der Waals surface area contributed by atoms with Crippen molar-refractivity contribution in [1.29, 1.82) is 5.26 Å². The monoisotopic (exact) mass is 217 g/mol. The highest BCUT2D eigenvalue weighted by atomic mass is 32.2. The molecule has 1 fully saturated rings. The van der Waals surface area contributed by atoms with Crippen molar-refractivity contribution < 1.29 is 0 Å². The van der Waals surface area contributed by atoms with E-state index in [1.54, 1.807) is 11.8 Å². The van der Waals surface area contributed by atoms with Crippen molar-refractivity contribution in [2.45, 2.75) is 41.7 Å². The highest BCUT2D eigenvalue weighted by Gasteiger charge is 2.32. The smallest absolute Gasteiger partial charge is 0.107 e. The third-order valence-corrected chi connectivity index (χ3v) is 4.32. The zero-order valence-corrected chi connectivity index (χ0v) is 9.59. The SMILES string of the molecule is N#CC1(Sc2ccccc2)CCCCC1. The van der Waals surface area contributed by atoms with Crippen LogP contribution in [-0.2, 0) is 0 Å². The molecule has 1 nitrogen and oxygen atoms in total. The average Bonchev–Trinajstić information content (AvgIpc) is 2.32. The molecule has 1 aromatic carbocycles. The van der Waals surface area contributed by atoms with Gasteiger partial charge in [0.1, 0.15) is 4.75 Å². The van der Waals surface area contributed by atoms with Gasteiger partial charge in [0.2, 0.25) is 0 Å². The first-order valence-electron chi connectivity index (χ1n) is 5.50. The fourth-order valence-corrected chi connectivity index (χ4v) is 3.36. The molecule has 0 saturated heterocycles. The van der Waals surface area contributed by atoms with E-state index in [-0.39, 0.29) is 4.75 Å². The Kier molecular flexibility index (Phi) is 3.33. The second-order valence-corrected chi connectivity index (χ2v) is 5.54. The summed E-state index contributed by atoms with van der Waals surface area (Å²) in [5, 5.41) is 9.33. The highest BCUT2D eigenvalue weighted by molar-refractivity contribution is 8.01. The molecule has 2 heteroatoms. The van der Waals surface area contributed by atoms with Gasteiger partial charge in [-0.2, -0.15) is 5.26 Å². The van der Waals surface area contributed by atoms with Crippen LogP contribution in [0.1, 0.15) is 32.1 Å². The molecule has 1 aliphatic carbocycles. The normalized spacial score (nSPS) is 19.4. The Hall–Kier alpha value is -0.940. The van der Waals surface area contributed by atoms with Gasteiger partial charge in [0, 0.05) is 4.90 Å². The summed E-state index contributed by atoms with van der Waals surface area (Å²) >= 11 is 1.75. The Morgan fingerprint density at radius 2 is 1.73 bits per heavy atom. The number of thioether (sulfide) groups is 1. The van der Waals surface area contributed by atoms with Crippen LogP contribution in [0.25, 0.3) is 0 Å². The van der Waals surface area contributed by atoms with E-state index in [0.717, 1.165) is 12.8 Å². The van der Waals surface area contributed by atoms with E-state index in [9.17, 15) is 5.26 Å². The van der Waals surface area contributed by atoms with Crippen LogP contribution in [0.2, 0.25) is 0 Å². The van der Waals surface area contributed by atoms with Gasteiger partial charge < -0.3 is 0 Å². The molecule has 0 amide bonds. The summed E-state index contributed by atoms with van der Waals surface area (Å²) in [5.41, 5.74) is 0. The van der Waals surface area contributed by atoms with Crippen LogP contribution >= 0.6 is 11.8 Å². The lowest BCUT2D eigenvalue weighted by molar-refractivity contribution is 0.459. The molecule has 0 spiro atoms. The van der Waals surface area contributed by atoms with Crippen LogP contribution in [-0.4, -0.2) is 4.75 Å². The van der Waals surface area contributed by atoms with Gasteiger partial charge in [-0.1, -0.05) is 37.5 Å². The van der Waals surface area contributed by atoms with Crippen LogP contribution in [0.4, 0.5) is 0 Å². The molecular weight excluding hydrogens is 202 g/mol. The van der Waals surface area contributed by atoms with Crippen molar-refractivity contribution in [3.8, 4) is 6.07 Å². The molecule has 0 N–H and O–H groups in total. The fourth-order valence-electron chi connectivity index (χ4n) is 2.07. The molecule has 0 aromatic heterocycles. The highest BCUT2D eigenvalue weighted by Crippen LogP contribution is 2.43. The molecule has 15 heavy (non-hydrogen) atoms. The molecular formula is C13H15NS. The van der Waals surface area contributed by atoms with E-state index in [4.69, 9.17) is 0 Å². The molecule has 1 saturated carbocycles. The molecule has 0 aliphatic heterocycles. The zero-order valence-electron chi connectivity index (χ0n) is 8.78. The Bertz CT molecular complexity index is 347. The van der Waals surface area contributed by atoms with Crippen molar-refractivity contribution in [3.05, 3.63) is 30.3 Å². The van der Waals surface area contributed by atoms with Crippen molar-refractivity contribution >= 4 is 11.8 Å². The van der Waals surface area contributed by atoms with E-state index in [1.807, 2.05) is 18.2 Å². The van der Waals surface area contributed by atoms with Gasteiger partial charge in [0.15, 0.2) is 0 Å². The van der Waals surface area contributed by atoms with Crippen molar-refractivity contribution in [2.75, 3.05) is 0 Å². The molecule has 78 valence electrons. The third-order valence-electron chi connectivity index (χ3n) is 2.92. The molecule has 2 rings (SSSR count). The molecule has 0 atom stereocenters. The van der Waals surface area contributed by atoms with Crippen molar-refractivity contribution in [2.24, 2.45) is 0 Å². The number of nitrogens with zero attached hydrogens (tertiary/aromatic N) is 1. The van der Waals surface area contributed by atoms with E-state index in [2.05, 4.69) is 18.2 Å². The molecule has 1 aliphatic rings. The van der Waals surface area contributed by atoms with Crippen LogP contribution in [0.5, 0.6) is 0 Å². The summed E-state index contributed by atoms with van der Waals surface area (Å²) in [7, 11) is 0. The van der Waals surface area contributed by atoms with E-state index < -0.39 is 0 Å². The predicted octanol–water partition coefficient (Wildman–Crippen LogP) is 4.01. The lowest BCUT2D eigenvalue weighted by atomic mass is 9.89. The molecule has 0 radical (unpaired) electrons. The first kappa shape index (κ1) is 10.6. The van der Waals surface area contributed by atoms with Crippen LogP contribution < -0.4 is 0 Å². The summed E-state index contributed by atoms with van der Waals surface area (Å²) in [5.74, 6) is 0. The second-order valence-electron chi connectivity index (χ2n) is 4.08.